The standard InChI is InChI=1S/C9H21ClSi/c1-7(2)5-9(11-10)6-8(3)4/h7-9H,5-6,11H2,1-4H3. The Kier molecular flexibility index (Phi) is 6.35. The summed E-state index contributed by atoms with van der Waals surface area (Å²) in [7, 11) is -0.285. The summed E-state index contributed by atoms with van der Waals surface area (Å²) < 4.78 is 0. The van der Waals surface area contributed by atoms with Gasteiger partial charge in [0.05, 0.1) is 0 Å². The van der Waals surface area contributed by atoms with Crippen LogP contribution in [0.3, 0.4) is 0 Å². The summed E-state index contributed by atoms with van der Waals surface area (Å²) in [6.07, 6.45) is 2.68. The highest BCUT2D eigenvalue weighted by Crippen LogP contribution is 2.25. The molecule has 0 amide bonds. The Morgan fingerprint density at radius 1 is 1.00 bits per heavy atom. The lowest BCUT2D eigenvalue weighted by Gasteiger charge is -2.17. The molecule has 0 aliphatic carbocycles. The van der Waals surface area contributed by atoms with E-state index >= 15 is 0 Å². The molecule has 0 atom stereocenters. The van der Waals surface area contributed by atoms with Crippen molar-refractivity contribution in [1.82, 2.24) is 0 Å². The number of rotatable bonds is 5. The lowest BCUT2D eigenvalue weighted by Crippen LogP contribution is -2.05. The number of hydrogen-bond donors (Lipinski definition) is 0. The van der Waals surface area contributed by atoms with E-state index in [9.17, 15) is 0 Å². The van der Waals surface area contributed by atoms with Crippen LogP contribution >= 0.6 is 11.1 Å². The molecule has 0 unspecified atom stereocenters. The first-order valence-corrected chi connectivity index (χ1v) is 7.57. The van der Waals surface area contributed by atoms with E-state index in [4.69, 9.17) is 11.1 Å². The largest absolute Gasteiger partial charge is 0.176 e. The minimum atomic E-state index is -0.285. The van der Waals surface area contributed by atoms with Crippen LogP contribution in [0, 0.1) is 11.8 Å². The maximum absolute atomic E-state index is 5.99. The monoisotopic (exact) mass is 192 g/mol. The van der Waals surface area contributed by atoms with Gasteiger partial charge in [-0.1, -0.05) is 27.7 Å². The molecule has 0 rings (SSSR count). The molecule has 0 aromatic rings. The van der Waals surface area contributed by atoms with E-state index in [0.29, 0.717) is 0 Å². The molecule has 11 heavy (non-hydrogen) atoms. The molecule has 0 bridgehead atoms. The van der Waals surface area contributed by atoms with Gasteiger partial charge >= 0.3 is 0 Å². The van der Waals surface area contributed by atoms with Gasteiger partial charge in [0.15, 0.2) is 0 Å². The van der Waals surface area contributed by atoms with Crippen LogP contribution in [0.5, 0.6) is 0 Å². The fourth-order valence-corrected chi connectivity index (χ4v) is 3.90. The smallest absolute Gasteiger partial charge is 0.128 e. The topological polar surface area (TPSA) is 0 Å². The summed E-state index contributed by atoms with van der Waals surface area (Å²) >= 11 is 5.99. The van der Waals surface area contributed by atoms with Crippen LogP contribution in [-0.4, -0.2) is 8.83 Å². The van der Waals surface area contributed by atoms with E-state index in [1.807, 2.05) is 0 Å². The summed E-state index contributed by atoms with van der Waals surface area (Å²) in [5, 5.41) is 0. The molecular formula is C9H21ClSi. The van der Waals surface area contributed by atoms with Crippen molar-refractivity contribution >= 4 is 19.9 Å². The Hall–Kier alpha value is 0.507. The van der Waals surface area contributed by atoms with Crippen molar-refractivity contribution in [3.05, 3.63) is 0 Å². The fraction of sp³-hybridized carbons (Fsp3) is 1.00. The van der Waals surface area contributed by atoms with Gasteiger partial charge < -0.3 is 0 Å². The van der Waals surface area contributed by atoms with E-state index in [2.05, 4.69) is 27.7 Å². The third kappa shape index (κ3) is 6.89. The van der Waals surface area contributed by atoms with E-state index < -0.39 is 0 Å². The molecule has 0 spiro atoms. The maximum Gasteiger partial charge on any atom is 0.128 e. The van der Waals surface area contributed by atoms with Crippen molar-refractivity contribution < 1.29 is 0 Å². The van der Waals surface area contributed by atoms with Crippen LogP contribution in [0.15, 0.2) is 0 Å². The molecule has 0 saturated carbocycles. The zero-order valence-corrected chi connectivity index (χ0v) is 10.4. The Morgan fingerprint density at radius 3 is 1.55 bits per heavy atom. The highest BCUT2D eigenvalue weighted by molar-refractivity contribution is 6.94. The molecule has 2 heteroatoms. The molecule has 0 aromatic carbocycles. The number of halogens is 1. The van der Waals surface area contributed by atoms with Crippen molar-refractivity contribution in [3.8, 4) is 0 Å². The van der Waals surface area contributed by atoms with Crippen LogP contribution < -0.4 is 0 Å². The van der Waals surface area contributed by atoms with Gasteiger partial charge in [0.2, 0.25) is 0 Å². The first-order valence-electron chi connectivity index (χ1n) is 4.62. The van der Waals surface area contributed by atoms with E-state index in [1.165, 1.54) is 12.8 Å². The second-order valence-electron chi connectivity index (χ2n) is 4.28. The van der Waals surface area contributed by atoms with Gasteiger partial charge in [0, 0.05) is 0 Å². The summed E-state index contributed by atoms with van der Waals surface area (Å²) in [6.45, 7) is 9.14. The maximum atomic E-state index is 5.99. The Labute approximate surface area is 78.2 Å². The third-order valence-corrected chi connectivity index (χ3v) is 4.24. The predicted octanol–water partition coefficient (Wildman–Crippen LogP) is 3.19. The first-order chi connectivity index (χ1) is 5.06. The minimum absolute atomic E-state index is 0.285. The molecule has 0 fully saturated rings. The van der Waals surface area contributed by atoms with E-state index in [1.54, 1.807) is 0 Å². The molecule has 68 valence electrons. The van der Waals surface area contributed by atoms with Crippen LogP contribution in [0.25, 0.3) is 0 Å². The first kappa shape index (κ1) is 11.5. The SMILES string of the molecule is CC(C)CC(CC(C)C)[SiH2]Cl. The van der Waals surface area contributed by atoms with Gasteiger partial charge in [0.1, 0.15) is 8.83 Å². The van der Waals surface area contributed by atoms with Crippen molar-refractivity contribution in [2.45, 2.75) is 46.1 Å². The Bertz CT molecular complexity index is 81.6. The average molecular weight is 193 g/mol. The van der Waals surface area contributed by atoms with Gasteiger partial charge in [0.25, 0.3) is 0 Å². The fourth-order valence-electron chi connectivity index (χ4n) is 1.56. The van der Waals surface area contributed by atoms with E-state index in [-0.39, 0.29) is 8.83 Å². The van der Waals surface area contributed by atoms with Gasteiger partial charge in [-0.05, 0) is 30.2 Å². The molecule has 0 aliphatic heterocycles. The summed E-state index contributed by atoms with van der Waals surface area (Å²) in [4.78, 5) is 0. The van der Waals surface area contributed by atoms with Crippen LogP contribution in [0.2, 0.25) is 5.54 Å². The molecular weight excluding hydrogens is 172 g/mol. The van der Waals surface area contributed by atoms with Gasteiger partial charge in [-0.25, -0.2) is 0 Å². The normalized spacial score (nSPS) is 13.1. The van der Waals surface area contributed by atoms with E-state index in [0.717, 1.165) is 17.4 Å². The van der Waals surface area contributed by atoms with Crippen LogP contribution in [0.4, 0.5) is 0 Å². The van der Waals surface area contributed by atoms with Crippen LogP contribution in [0.1, 0.15) is 40.5 Å². The highest BCUT2D eigenvalue weighted by Gasteiger charge is 2.11. The molecule has 0 saturated heterocycles. The zero-order valence-electron chi connectivity index (χ0n) is 8.23. The average Bonchev–Trinajstić information content (AvgIpc) is 1.84. The summed E-state index contributed by atoms with van der Waals surface area (Å²) in [6, 6.07) is 0. The van der Waals surface area contributed by atoms with Crippen LogP contribution in [-0.2, 0) is 0 Å². The van der Waals surface area contributed by atoms with Gasteiger partial charge in [-0.15, -0.1) is 0 Å². The Balaban J connectivity index is 3.58. The predicted molar refractivity (Wildman–Crippen MR) is 57.1 cm³/mol. The second kappa shape index (κ2) is 6.07. The third-order valence-electron chi connectivity index (χ3n) is 1.83. The quantitative estimate of drug-likeness (QED) is 0.464. The lowest BCUT2D eigenvalue weighted by atomic mass is 10.0. The molecule has 0 N–H and O–H groups in total. The molecule has 0 radical (unpaired) electrons. The highest BCUT2D eigenvalue weighted by atomic mass is 35.6. The second-order valence-corrected chi connectivity index (χ2v) is 6.67. The Morgan fingerprint density at radius 2 is 1.36 bits per heavy atom. The summed E-state index contributed by atoms with van der Waals surface area (Å²) in [5.41, 5.74) is 0.872. The van der Waals surface area contributed by atoms with Crippen molar-refractivity contribution in [2.24, 2.45) is 11.8 Å². The molecule has 0 heterocycles. The van der Waals surface area contributed by atoms with Crippen molar-refractivity contribution in [3.63, 3.8) is 0 Å². The summed E-state index contributed by atoms with van der Waals surface area (Å²) in [5.74, 6) is 1.65. The minimum Gasteiger partial charge on any atom is -0.176 e. The van der Waals surface area contributed by atoms with Crippen molar-refractivity contribution in [2.75, 3.05) is 0 Å². The number of hydrogen-bond acceptors (Lipinski definition) is 0. The molecule has 0 nitrogen and oxygen atoms in total. The van der Waals surface area contributed by atoms with Gasteiger partial charge in [-0.3, -0.25) is 0 Å². The molecule has 0 aliphatic rings. The molecule has 0 aromatic heterocycles. The van der Waals surface area contributed by atoms with Crippen molar-refractivity contribution in [1.29, 1.82) is 0 Å². The zero-order chi connectivity index (χ0) is 8.85. The van der Waals surface area contributed by atoms with Gasteiger partial charge in [-0.2, -0.15) is 11.1 Å². The lowest BCUT2D eigenvalue weighted by molar-refractivity contribution is 0.479.